The van der Waals surface area contributed by atoms with Crippen LogP contribution in [0, 0.1) is 12.8 Å². The summed E-state index contributed by atoms with van der Waals surface area (Å²) >= 11 is 3.48. The molecule has 28 heavy (non-hydrogen) atoms. The minimum absolute atomic E-state index is 0.0257. The maximum atomic E-state index is 13.0. The second-order valence-corrected chi connectivity index (χ2v) is 8.60. The Morgan fingerprint density at radius 3 is 2.50 bits per heavy atom. The van der Waals surface area contributed by atoms with Crippen LogP contribution in [0.15, 0.2) is 40.9 Å². The second kappa shape index (κ2) is 8.03. The fourth-order valence-corrected chi connectivity index (χ4v) is 4.06. The van der Waals surface area contributed by atoms with Crippen molar-refractivity contribution >= 4 is 27.7 Å². The standard InChI is InChI=1S/C22H24BrN3O2/c1-14-19(7-8-20(24-14)16-3-2-4-17(23)13-16)22(28)26-11-9-18(10-12-26)25-21(27)15-5-6-15/h2-4,7-8,13,15,18H,5-6,9-12H2,1H3,(H,25,27). The number of rotatable bonds is 4. The van der Waals surface area contributed by atoms with Gasteiger partial charge < -0.3 is 10.2 Å². The van der Waals surface area contributed by atoms with Crippen LogP contribution in [-0.4, -0.2) is 40.8 Å². The fraction of sp³-hybridized carbons (Fsp3) is 0.409. The lowest BCUT2D eigenvalue weighted by Gasteiger charge is -2.32. The van der Waals surface area contributed by atoms with Crippen molar-refractivity contribution in [3.8, 4) is 11.3 Å². The summed E-state index contributed by atoms with van der Waals surface area (Å²) in [6, 6.07) is 12.0. The topological polar surface area (TPSA) is 62.3 Å². The van der Waals surface area contributed by atoms with E-state index in [2.05, 4.69) is 26.2 Å². The molecule has 146 valence electrons. The molecule has 4 rings (SSSR count). The summed E-state index contributed by atoms with van der Waals surface area (Å²) in [5, 5.41) is 3.13. The van der Waals surface area contributed by atoms with Crippen molar-refractivity contribution in [2.75, 3.05) is 13.1 Å². The molecule has 2 aliphatic rings. The van der Waals surface area contributed by atoms with Crippen LogP contribution in [0.4, 0.5) is 0 Å². The van der Waals surface area contributed by atoms with Crippen LogP contribution in [0.5, 0.6) is 0 Å². The van der Waals surface area contributed by atoms with E-state index in [0.29, 0.717) is 18.7 Å². The lowest BCUT2D eigenvalue weighted by Crippen LogP contribution is -2.47. The number of likely N-dealkylation sites (tertiary alicyclic amines) is 1. The van der Waals surface area contributed by atoms with Gasteiger partial charge in [0.2, 0.25) is 5.91 Å². The van der Waals surface area contributed by atoms with Gasteiger partial charge in [0.1, 0.15) is 0 Å². The molecule has 1 aromatic heterocycles. The molecule has 1 N–H and O–H groups in total. The number of benzene rings is 1. The molecule has 1 aliphatic carbocycles. The Balaban J connectivity index is 1.40. The van der Waals surface area contributed by atoms with Crippen molar-refractivity contribution in [1.29, 1.82) is 0 Å². The van der Waals surface area contributed by atoms with Crippen LogP contribution in [0.2, 0.25) is 0 Å². The molecule has 6 heteroatoms. The Labute approximate surface area is 173 Å². The van der Waals surface area contributed by atoms with Gasteiger partial charge in [-0.25, -0.2) is 0 Å². The molecule has 2 amide bonds. The maximum absolute atomic E-state index is 13.0. The van der Waals surface area contributed by atoms with E-state index in [1.807, 2.05) is 48.2 Å². The minimum Gasteiger partial charge on any atom is -0.353 e. The molecule has 2 fully saturated rings. The number of hydrogen-bond donors (Lipinski definition) is 1. The van der Waals surface area contributed by atoms with Crippen molar-refractivity contribution in [3.05, 3.63) is 52.1 Å². The van der Waals surface area contributed by atoms with E-state index >= 15 is 0 Å². The molecule has 1 aromatic carbocycles. The zero-order chi connectivity index (χ0) is 19.7. The van der Waals surface area contributed by atoms with Crippen LogP contribution >= 0.6 is 15.9 Å². The van der Waals surface area contributed by atoms with Gasteiger partial charge in [0.05, 0.1) is 17.0 Å². The number of halogens is 1. The highest BCUT2D eigenvalue weighted by atomic mass is 79.9. The summed E-state index contributed by atoms with van der Waals surface area (Å²) in [7, 11) is 0. The first-order valence-electron chi connectivity index (χ1n) is 9.84. The molecular formula is C22H24BrN3O2. The summed E-state index contributed by atoms with van der Waals surface area (Å²) in [4.78, 5) is 31.4. The van der Waals surface area contributed by atoms with Gasteiger partial charge in [0, 0.05) is 35.1 Å². The molecule has 0 radical (unpaired) electrons. The predicted octanol–water partition coefficient (Wildman–Crippen LogP) is 3.95. The molecule has 2 heterocycles. The number of carbonyl (C=O) groups excluding carboxylic acids is 2. The normalized spacial score (nSPS) is 17.4. The number of amides is 2. The van der Waals surface area contributed by atoms with E-state index < -0.39 is 0 Å². The molecule has 0 bridgehead atoms. The van der Waals surface area contributed by atoms with Gasteiger partial charge in [-0.1, -0.05) is 28.1 Å². The lowest BCUT2D eigenvalue weighted by molar-refractivity contribution is -0.123. The molecule has 1 saturated heterocycles. The van der Waals surface area contributed by atoms with Crippen LogP contribution in [0.3, 0.4) is 0 Å². The summed E-state index contributed by atoms with van der Waals surface area (Å²) in [6.45, 7) is 3.22. The molecule has 0 spiro atoms. The quantitative estimate of drug-likeness (QED) is 0.780. The van der Waals surface area contributed by atoms with Crippen molar-refractivity contribution in [2.24, 2.45) is 5.92 Å². The molecule has 2 aromatic rings. The van der Waals surface area contributed by atoms with E-state index in [9.17, 15) is 9.59 Å². The lowest BCUT2D eigenvalue weighted by atomic mass is 10.0. The first-order chi connectivity index (χ1) is 13.5. The zero-order valence-electron chi connectivity index (χ0n) is 16.0. The van der Waals surface area contributed by atoms with Crippen molar-refractivity contribution in [2.45, 2.75) is 38.6 Å². The highest BCUT2D eigenvalue weighted by Gasteiger charge is 2.32. The van der Waals surface area contributed by atoms with Gasteiger partial charge >= 0.3 is 0 Å². The highest BCUT2D eigenvalue weighted by Crippen LogP contribution is 2.29. The molecule has 1 aliphatic heterocycles. The first kappa shape index (κ1) is 19.1. The average molecular weight is 442 g/mol. The summed E-state index contributed by atoms with van der Waals surface area (Å²) in [5.41, 5.74) is 3.27. The number of hydrogen-bond acceptors (Lipinski definition) is 3. The fourth-order valence-electron chi connectivity index (χ4n) is 3.66. The number of pyridine rings is 1. The number of nitrogens with zero attached hydrogens (tertiary/aromatic N) is 2. The highest BCUT2D eigenvalue weighted by molar-refractivity contribution is 9.10. The van der Waals surface area contributed by atoms with Gasteiger partial charge in [0.25, 0.3) is 5.91 Å². The van der Waals surface area contributed by atoms with Gasteiger partial charge in [-0.2, -0.15) is 0 Å². The largest absolute Gasteiger partial charge is 0.353 e. The van der Waals surface area contributed by atoms with Crippen molar-refractivity contribution in [3.63, 3.8) is 0 Å². The van der Waals surface area contributed by atoms with Gasteiger partial charge in [0.15, 0.2) is 0 Å². The molecule has 5 nitrogen and oxygen atoms in total. The van der Waals surface area contributed by atoms with Crippen LogP contribution in [0.25, 0.3) is 11.3 Å². The van der Waals surface area contributed by atoms with Crippen molar-refractivity contribution in [1.82, 2.24) is 15.2 Å². The summed E-state index contributed by atoms with van der Waals surface area (Å²) in [6.07, 6.45) is 3.66. The van der Waals surface area contributed by atoms with Crippen molar-refractivity contribution < 1.29 is 9.59 Å². The van der Waals surface area contributed by atoms with Gasteiger partial charge in [-0.3, -0.25) is 14.6 Å². The Hall–Kier alpha value is -2.21. The summed E-state index contributed by atoms with van der Waals surface area (Å²) in [5.74, 6) is 0.447. The smallest absolute Gasteiger partial charge is 0.255 e. The maximum Gasteiger partial charge on any atom is 0.255 e. The van der Waals surface area contributed by atoms with E-state index in [1.165, 1.54) is 0 Å². The number of piperidine rings is 1. The third-order valence-corrected chi connectivity index (χ3v) is 6.01. The van der Waals surface area contributed by atoms with Gasteiger partial charge in [-0.15, -0.1) is 0 Å². The molecular weight excluding hydrogens is 418 g/mol. The van der Waals surface area contributed by atoms with Crippen LogP contribution < -0.4 is 5.32 Å². The SMILES string of the molecule is Cc1nc(-c2cccc(Br)c2)ccc1C(=O)N1CCC(NC(=O)C2CC2)CC1. The number of aromatic nitrogens is 1. The van der Waals surface area contributed by atoms with Crippen LogP contribution in [-0.2, 0) is 4.79 Å². The molecule has 0 atom stereocenters. The van der Waals surface area contributed by atoms with E-state index in [-0.39, 0.29) is 23.8 Å². The predicted molar refractivity (Wildman–Crippen MR) is 112 cm³/mol. The third-order valence-electron chi connectivity index (χ3n) is 5.51. The number of aryl methyl sites for hydroxylation is 1. The van der Waals surface area contributed by atoms with Gasteiger partial charge in [-0.05, 0) is 56.9 Å². The Kier molecular flexibility index (Phi) is 5.49. The first-order valence-corrected chi connectivity index (χ1v) is 10.6. The Morgan fingerprint density at radius 2 is 1.86 bits per heavy atom. The third kappa shape index (κ3) is 4.27. The monoisotopic (exact) mass is 441 g/mol. The number of carbonyl (C=O) groups is 2. The second-order valence-electron chi connectivity index (χ2n) is 7.69. The molecule has 1 saturated carbocycles. The van der Waals surface area contributed by atoms with E-state index in [4.69, 9.17) is 0 Å². The number of nitrogens with one attached hydrogen (secondary N) is 1. The Bertz CT molecular complexity index is 902. The Morgan fingerprint density at radius 1 is 1.11 bits per heavy atom. The van der Waals surface area contributed by atoms with E-state index in [0.717, 1.165) is 47.1 Å². The van der Waals surface area contributed by atoms with Crippen LogP contribution in [0.1, 0.15) is 41.7 Å². The zero-order valence-corrected chi connectivity index (χ0v) is 17.5. The minimum atomic E-state index is 0.0257. The average Bonchev–Trinajstić information content (AvgIpc) is 3.53. The molecule has 0 unspecified atom stereocenters. The van der Waals surface area contributed by atoms with E-state index in [1.54, 1.807) is 0 Å². The summed E-state index contributed by atoms with van der Waals surface area (Å²) < 4.78 is 1.00.